The van der Waals surface area contributed by atoms with Crippen LogP contribution in [0.15, 0.2) is 66.7 Å². The Kier molecular flexibility index (Phi) is 9.98. The van der Waals surface area contributed by atoms with Gasteiger partial charge in [-0.25, -0.2) is 0 Å². The number of hydrogen-bond acceptors (Lipinski definition) is 2. The van der Waals surface area contributed by atoms with Crippen LogP contribution in [0.4, 0.5) is 0 Å². The van der Waals surface area contributed by atoms with Crippen LogP contribution in [-0.4, -0.2) is 28.8 Å². The lowest BCUT2D eigenvalue weighted by Gasteiger charge is -2.32. The van der Waals surface area contributed by atoms with Gasteiger partial charge < -0.3 is 10.2 Å². The van der Waals surface area contributed by atoms with E-state index in [-0.39, 0.29) is 30.8 Å². The third-order valence-electron chi connectivity index (χ3n) is 6.46. The highest BCUT2D eigenvalue weighted by atomic mass is 35.5. The molecule has 0 heterocycles. The van der Waals surface area contributed by atoms with Crippen molar-refractivity contribution in [3.63, 3.8) is 0 Å². The Labute approximate surface area is 224 Å². The second-order valence-corrected chi connectivity index (χ2v) is 10.2. The van der Waals surface area contributed by atoms with Crippen LogP contribution in [0, 0.1) is 13.8 Å². The van der Waals surface area contributed by atoms with E-state index in [9.17, 15) is 9.59 Å². The topological polar surface area (TPSA) is 49.4 Å². The zero-order valence-corrected chi connectivity index (χ0v) is 22.9. The van der Waals surface area contributed by atoms with Crippen molar-refractivity contribution in [3.05, 3.63) is 105 Å². The standard InChI is InChI=1S/C30H34Cl2N2O2/c1-5-22(4)33-30(36)28(17-23-9-7-6-8-10-23)34(19-24-13-14-26(31)27(32)16-24)29(35)18-25-15-20(2)11-12-21(25)3/h6-16,22,28H,5,17-19H2,1-4H3,(H,33,36)/t22-,28-/m1/s1. The van der Waals surface area contributed by atoms with Crippen LogP contribution in [0.1, 0.15) is 48.1 Å². The van der Waals surface area contributed by atoms with Gasteiger partial charge in [-0.05, 0) is 61.6 Å². The number of halogens is 2. The zero-order valence-electron chi connectivity index (χ0n) is 21.4. The minimum atomic E-state index is -0.687. The first-order chi connectivity index (χ1) is 17.2. The summed E-state index contributed by atoms with van der Waals surface area (Å²) in [6, 6.07) is 20.5. The molecule has 3 aromatic rings. The SMILES string of the molecule is CC[C@@H](C)NC(=O)[C@@H](Cc1ccccc1)N(Cc1ccc(Cl)c(Cl)c1)C(=O)Cc1cc(C)ccc1C. The average molecular weight is 526 g/mol. The van der Waals surface area contributed by atoms with Crippen molar-refractivity contribution in [1.82, 2.24) is 10.2 Å². The molecule has 0 aliphatic carbocycles. The first-order valence-electron chi connectivity index (χ1n) is 12.3. The van der Waals surface area contributed by atoms with Crippen LogP contribution in [0.5, 0.6) is 0 Å². The van der Waals surface area contributed by atoms with Crippen molar-refractivity contribution >= 4 is 35.0 Å². The second-order valence-electron chi connectivity index (χ2n) is 9.40. The quantitative estimate of drug-likeness (QED) is 0.320. The van der Waals surface area contributed by atoms with Gasteiger partial charge in [0.2, 0.25) is 11.8 Å². The molecule has 2 amide bonds. The van der Waals surface area contributed by atoms with Crippen molar-refractivity contribution in [3.8, 4) is 0 Å². The van der Waals surface area contributed by atoms with E-state index in [4.69, 9.17) is 23.2 Å². The molecule has 36 heavy (non-hydrogen) atoms. The number of nitrogens with zero attached hydrogens (tertiary/aromatic N) is 1. The molecule has 0 bridgehead atoms. The molecular weight excluding hydrogens is 491 g/mol. The van der Waals surface area contributed by atoms with Gasteiger partial charge in [-0.2, -0.15) is 0 Å². The van der Waals surface area contributed by atoms with Crippen molar-refractivity contribution in [2.75, 3.05) is 0 Å². The van der Waals surface area contributed by atoms with Crippen LogP contribution in [0.25, 0.3) is 0 Å². The third kappa shape index (κ3) is 7.59. The molecule has 0 spiro atoms. The molecule has 0 saturated heterocycles. The number of nitrogens with one attached hydrogen (secondary N) is 1. The Morgan fingerprint density at radius 2 is 1.64 bits per heavy atom. The minimum absolute atomic E-state index is 0.00304. The van der Waals surface area contributed by atoms with Crippen molar-refractivity contribution in [2.45, 2.75) is 65.6 Å². The highest BCUT2D eigenvalue weighted by Crippen LogP contribution is 2.25. The first kappa shape index (κ1) is 27.8. The van der Waals surface area contributed by atoms with E-state index >= 15 is 0 Å². The molecular formula is C30H34Cl2N2O2. The summed E-state index contributed by atoms with van der Waals surface area (Å²) < 4.78 is 0. The summed E-state index contributed by atoms with van der Waals surface area (Å²) in [6.07, 6.45) is 1.41. The lowest BCUT2D eigenvalue weighted by molar-refractivity contribution is -0.141. The molecule has 0 saturated carbocycles. The third-order valence-corrected chi connectivity index (χ3v) is 7.19. The van der Waals surface area contributed by atoms with E-state index in [2.05, 4.69) is 5.32 Å². The number of amides is 2. The molecule has 3 rings (SSSR count). The lowest BCUT2D eigenvalue weighted by Crippen LogP contribution is -2.52. The predicted molar refractivity (Wildman–Crippen MR) is 148 cm³/mol. The van der Waals surface area contributed by atoms with Gasteiger partial charge in [0.15, 0.2) is 0 Å². The highest BCUT2D eigenvalue weighted by Gasteiger charge is 2.31. The molecule has 1 N–H and O–H groups in total. The smallest absolute Gasteiger partial charge is 0.243 e. The average Bonchev–Trinajstić information content (AvgIpc) is 2.86. The zero-order chi connectivity index (χ0) is 26.2. The van der Waals surface area contributed by atoms with Crippen molar-refractivity contribution < 1.29 is 9.59 Å². The Morgan fingerprint density at radius 3 is 2.31 bits per heavy atom. The van der Waals surface area contributed by atoms with E-state index in [1.54, 1.807) is 17.0 Å². The van der Waals surface area contributed by atoms with E-state index < -0.39 is 6.04 Å². The van der Waals surface area contributed by atoms with Gasteiger partial charge in [-0.1, -0.05) is 90.3 Å². The fourth-order valence-corrected chi connectivity index (χ4v) is 4.41. The summed E-state index contributed by atoms with van der Waals surface area (Å²) >= 11 is 12.4. The van der Waals surface area contributed by atoms with Gasteiger partial charge in [0.05, 0.1) is 16.5 Å². The first-order valence-corrected chi connectivity index (χ1v) is 13.1. The number of hydrogen-bond donors (Lipinski definition) is 1. The molecule has 0 unspecified atom stereocenters. The van der Waals surface area contributed by atoms with Crippen molar-refractivity contribution in [2.24, 2.45) is 0 Å². The monoisotopic (exact) mass is 524 g/mol. The molecule has 0 aliphatic rings. The van der Waals surface area contributed by atoms with Crippen molar-refractivity contribution in [1.29, 1.82) is 0 Å². The largest absolute Gasteiger partial charge is 0.352 e. The maximum absolute atomic E-state index is 13.9. The van der Waals surface area contributed by atoms with Gasteiger partial charge in [-0.3, -0.25) is 9.59 Å². The van der Waals surface area contributed by atoms with E-state index in [1.807, 2.05) is 82.3 Å². The number of carbonyl (C=O) groups excluding carboxylic acids is 2. The molecule has 6 heteroatoms. The van der Waals surface area contributed by atoms with Gasteiger partial charge >= 0.3 is 0 Å². The Balaban J connectivity index is 2.02. The Bertz CT molecular complexity index is 1200. The second kappa shape index (κ2) is 12.9. The maximum atomic E-state index is 13.9. The van der Waals surface area contributed by atoms with E-state index in [1.165, 1.54) is 0 Å². The summed E-state index contributed by atoms with van der Waals surface area (Å²) in [7, 11) is 0. The minimum Gasteiger partial charge on any atom is -0.352 e. The van der Waals surface area contributed by atoms with E-state index in [0.29, 0.717) is 16.5 Å². The van der Waals surface area contributed by atoms with Crippen LogP contribution in [0.3, 0.4) is 0 Å². The van der Waals surface area contributed by atoms with Gasteiger partial charge in [0.1, 0.15) is 6.04 Å². The molecule has 0 aromatic heterocycles. The molecule has 3 aromatic carbocycles. The molecule has 4 nitrogen and oxygen atoms in total. The van der Waals surface area contributed by atoms with Crippen LogP contribution >= 0.6 is 23.2 Å². The number of benzene rings is 3. The molecule has 0 radical (unpaired) electrons. The van der Waals surface area contributed by atoms with Crippen LogP contribution in [-0.2, 0) is 29.0 Å². The fourth-order valence-electron chi connectivity index (χ4n) is 4.08. The summed E-state index contributed by atoms with van der Waals surface area (Å²) in [5.41, 5.74) is 4.90. The maximum Gasteiger partial charge on any atom is 0.243 e. The Morgan fingerprint density at radius 1 is 0.917 bits per heavy atom. The van der Waals surface area contributed by atoms with Gasteiger partial charge in [0, 0.05) is 19.0 Å². The molecule has 2 atom stereocenters. The van der Waals surface area contributed by atoms with Gasteiger partial charge in [0.25, 0.3) is 0 Å². The molecule has 190 valence electrons. The fraction of sp³-hybridized carbons (Fsp3) is 0.333. The predicted octanol–water partition coefficient (Wildman–Crippen LogP) is 6.71. The number of rotatable bonds is 10. The van der Waals surface area contributed by atoms with E-state index in [0.717, 1.165) is 34.2 Å². The summed E-state index contributed by atoms with van der Waals surface area (Å²) in [4.78, 5) is 29.2. The number of aryl methyl sites for hydroxylation is 2. The normalized spacial score (nSPS) is 12.6. The molecule has 0 fully saturated rings. The van der Waals surface area contributed by atoms with Crippen LogP contribution in [0.2, 0.25) is 10.0 Å². The van der Waals surface area contributed by atoms with Crippen LogP contribution < -0.4 is 5.32 Å². The highest BCUT2D eigenvalue weighted by molar-refractivity contribution is 6.42. The summed E-state index contributed by atoms with van der Waals surface area (Å²) in [6.45, 7) is 8.25. The van der Waals surface area contributed by atoms with Gasteiger partial charge in [-0.15, -0.1) is 0 Å². The number of carbonyl (C=O) groups is 2. The Hall–Kier alpha value is -2.82. The lowest BCUT2D eigenvalue weighted by atomic mass is 9.99. The molecule has 0 aliphatic heterocycles. The summed E-state index contributed by atoms with van der Waals surface area (Å²) in [5.74, 6) is -0.280. The summed E-state index contributed by atoms with van der Waals surface area (Å²) in [5, 5.41) is 3.96.